The van der Waals surface area contributed by atoms with E-state index in [1.165, 1.54) is 0 Å². The van der Waals surface area contributed by atoms with E-state index < -0.39 is 0 Å². The first-order valence-electron chi connectivity index (χ1n) is 15.6. The van der Waals surface area contributed by atoms with Crippen molar-refractivity contribution in [3.05, 3.63) is 176 Å². The summed E-state index contributed by atoms with van der Waals surface area (Å²) in [4.78, 5) is 4.42. The van der Waals surface area contributed by atoms with Crippen molar-refractivity contribution in [3.8, 4) is 17.2 Å². The molecule has 8 rings (SSSR count). The van der Waals surface area contributed by atoms with Gasteiger partial charge in [0.05, 0.1) is 11.0 Å². The molecule has 0 amide bonds. The summed E-state index contributed by atoms with van der Waals surface area (Å²) in [6.45, 7) is 0. The average Bonchev–Trinajstić information content (AvgIpc) is 3.45. The molecule has 2 N–H and O–H groups in total. The number of nitrogens with zero attached hydrogens (tertiary/aromatic N) is 3. The summed E-state index contributed by atoms with van der Waals surface area (Å²) in [7, 11) is 0. The van der Waals surface area contributed by atoms with Gasteiger partial charge >= 0.3 is 0 Å². The lowest BCUT2D eigenvalue weighted by Crippen LogP contribution is -2.09. The Bertz CT molecular complexity index is 2150. The fourth-order valence-corrected chi connectivity index (χ4v) is 6.38. The molecule has 0 atom stereocenters. The van der Waals surface area contributed by atoms with Crippen LogP contribution >= 0.6 is 0 Å². The number of aromatic nitrogens is 1. The zero-order valence-electron chi connectivity index (χ0n) is 25.5. The van der Waals surface area contributed by atoms with E-state index in [2.05, 4.69) is 99.3 Å². The number of rotatable bonds is 7. The van der Waals surface area contributed by atoms with E-state index in [1.807, 2.05) is 66.7 Å². The van der Waals surface area contributed by atoms with Gasteiger partial charge in [0.15, 0.2) is 0 Å². The molecule has 0 saturated heterocycles. The van der Waals surface area contributed by atoms with E-state index >= 15 is 0 Å². The molecule has 1 heterocycles. The summed E-state index contributed by atoms with van der Waals surface area (Å²) < 4.78 is 2.32. The lowest BCUT2D eigenvalue weighted by Gasteiger charge is -2.26. The molecule has 7 aromatic carbocycles. The van der Waals surface area contributed by atoms with Crippen LogP contribution in [-0.4, -0.2) is 14.8 Å². The Morgan fingerprint density at radius 1 is 0.340 bits per heavy atom. The normalized spacial score (nSPS) is 11.1. The Labute approximate surface area is 273 Å². The minimum atomic E-state index is 0.229. The molecule has 0 fully saturated rings. The van der Waals surface area contributed by atoms with Gasteiger partial charge in [0.1, 0.15) is 11.5 Å². The van der Waals surface area contributed by atoms with Crippen molar-refractivity contribution in [2.45, 2.75) is 0 Å². The van der Waals surface area contributed by atoms with Gasteiger partial charge in [-0.2, -0.15) is 0 Å². The fourth-order valence-electron chi connectivity index (χ4n) is 6.38. The van der Waals surface area contributed by atoms with Gasteiger partial charge < -0.3 is 24.6 Å². The Morgan fingerprint density at radius 2 is 0.681 bits per heavy atom. The van der Waals surface area contributed by atoms with E-state index in [0.717, 1.165) is 61.6 Å². The third-order valence-electron chi connectivity index (χ3n) is 8.51. The zero-order valence-corrected chi connectivity index (χ0v) is 25.5. The molecular weight excluding hydrogens is 578 g/mol. The molecule has 0 spiro atoms. The van der Waals surface area contributed by atoms with Gasteiger partial charge in [-0.1, -0.05) is 54.6 Å². The molecule has 8 aromatic rings. The van der Waals surface area contributed by atoms with Crippen LogP contribution in [0.5, 0.6) is 11.5 Å². The topological polar surface area (TPSA) is 51.9 Å². The minimum absolute atomic E-state index is 0.229. The summed E-state index contributed by atoms with van der Waals surface area (Å²) in [6, 6.07) is 58.9. The molecule has 5 nitrogen and oxygen atoms in total. The lowest BCUT2D eigenvalue weighted by molar-refractivity contribution is 0.475. The van der Waals surface area contributed by atoms with Gasteiger partial charge in [-0.05, 0) is 121 Å². The summed E-state index contributed by atoms with van der Waals surface area (Å²) in [5.74, 6) is 0.458. The van der Waals surface area contributed by atoms with Crippen LogP contribution in [0.4, 0.5) is 34.1 Å². The molecule has 47 heavy (non-hydrogen) atoms. The number of para-hydroxylation sites is 3. The van der Waals surface area contributed by atoms with Crippen LogP contribution in [0.3, 0.4) is 0 Å². The third kappa shape index (κ3) is 5.20. The van der Waals surface area contributed by atoms with E-state index in [9.17, 15) is 10.2 Å². The molecule has 226 valence electrons. The molecule has 0 aliphatic rings. The van der Waals surface area contributed by atoms with E-state index in [1.54, 1.807) is 24.3 Å². The summed E-state index contributed by atoms with van der Waals surface area (Å²) in [6.07, 6.45) is 0. The van der Waals surface area contributed by atoms with Crippen LogP contribution in [-0.2, 0) is 0 Å². The zero-order chi connectivity index (χ0) is 31.7. The van der Waals surface area contributed by atoms with Gasteiger partial charge in [0.25, 0.3) is 0 Å². The smallest absolute Gasteiger partial charge is 0.115 e. The predicted octanol–water partition coefficient (Wildman–Crippen LogP) is 11.1. The van der Waals surface area contributed by atoms with Gasteiger partial charge in [-0.15, -0.1) is 0 Å². The SMILES string of the molecule is Oc1ccc(N(c2ccccc2)c2ccc3c(c2)c2cc(N(c4ccccc4)c4ccc(O)cc4)ccc2n3-c2ccccc2)cc1. The number of hydrogen-bond acceptors (Lipinski definition) is 4. The lowest BCUT2D eigenvalue weighted by atomic mass is 10.1. The Kier molecular flexibility index (Phi) is 7.04. The molecule has 0 bridgehead atoms. The maximum atomic E-state index is 10.1. The largest absolute Gasteiger partial charge is 0.508 e. The van der Waals surface area contributed by atoms with Crippen molar-refractivity contribution >= 4 is 55.9 Å². The first kappa shape index (κ1) is 28.0. The molecule has 0 radical (unpaired) electrons. The summed E-state index contributed by atoms with van der Waals surface area (Å²) >= 11 is 0. The van der Waals surface area contributed by atoms with Crippen molar-refractivity contribution in [1.29, 1.82) is 0 Å². The maximum absolute atomic E-state index is 10.1. The van der Waals surface area contributed by atoms with Gasteiger partial charge in [0.2, 0.25) is 0 Å². The molecule has 0 unspecified atom stereocenters. The number of anilines is 6. The summed E-state index contributed by atoms with van der Waals surface area (Å²) in [5, 5.41) is 22.3. The third-order valence-corrected chi connectivity index (χ3v) is 8.51. The van der Waals surface area contributed by atoms with E-state index in [0.29, 0.717) is 0 Å². The minimum Gasteiger partial charge on any atom is -0.508 e. The molecular formula is C42H31N3O2. The first-order chi connectivity index (χ1) is 23.1. The van der Waals surface area contributed by atoms with E-state index in [-0.39, 0.29) is 11.5 Å². The van der Waals surface area contributed by atoms with Gasteiger partial charge in [-0.25, -0.2) is 0 Å². The van der Waals surface area contributed by atoms with Crippen molar-refractivity contribution in [3.63, 3.8) is 0 Å². The second-order valence-electron chi connectivity index (χ2n) is 11.4. The fraction of sp³-hybridized carbons (Fsp3) is 0. The highest BCUT2D eigenvalue weighted by Crippen LogP contribution is 2.43. The van der Waals surface area contributed by atoms with Crippen molar-refractivity contribution in [2.75, 3.05) is 9.80 Å². The number of hydrogen-bond donors (Lipinski definition) is 2. The molecule has 5 heteroatoms. The Balaban J connectivity index is 1.38. The quantitative estimate of drug-likeness (QED) is 0.189. The van der Waals surface area contributed by atoms with Crippen molar-refractivity contribution < 1.29 is 10.2 Å². The Hall–Kier alpha value is -6.46. The monoisotopic (exact) mass is 609 g/mol. The highest BCUT2D eigenvalue weighted by molar-refractivity contribution is 6.12. The number of phenols is 2. The second-order valence-corrected chi connectivity index (χ2v) is 11.4. The number of phenolic OH excluding ortho intramolecular Hbond substituents is 2. The first-order valence-corrected chi connectivity index (χ1v) is 15.6. The maximum Gasteiger partial charge on any atom is 0.115 e. The predicted molar refractivity (Wildman–Crippen MR) is 193 cm³/mol. The molecule has 0 saturated carbocycles. The van der Waals surface area contributed by atoms with Crippen molar-refractivity contribution in [1.82, 2.24) is 4.57 Å². The Morgan fingerprint density at radius 3 is 1.09 bits per heavy atom. The van der Waals surface area contributed by atoms with Crippen LogP contribution in [0, 0.1) is 0 Å². The second kappa shape index (κ2) is 11.8. The highest BCUT2D eigenvalue weighted by Gasteiger charge is 2.20. The number of fused-ring (bicyclic) bond motifs is 3. The van der Waals surface area contributed by atoms with Crippen LogP contribution in [0.2, 0.25) is 0 Å². The highest BCUT2D eigenvalue weighted by atomic mass is 16.3. The molecule has 0 aliphatic heterocycles. The molecule has 0 aliphatic carbocycles. The summed E-state index contributed by atoms with van der Waals surface area (Å²) in [5.41, 5.74) is 9.23. The van der Waals surface area contributed by atoms with Gasteiger partial charge in [0, 0.05) is 50.6 Å². The standard InChI is InChI=1S/C42H31N3O2/c46-37-22-16-33(17-23-37)43(30-10-4-1-5-11-30)35-20-26-41-39(28-35)40-29-36(21-27-42(40)45(41)32-14-8-3-9-15-32)44(31-12-6-2-7-13-31)34-18-24-38(47)25-19-34/h1-29,46-47H. The molecule has 1 aromatic heterocycles. The van der Waals surface area contributed by atoms with Crippen LogP contribution in [0.1, 0.15) is 0 Å². The number of aromatic hydroxyl groups is 2. The average molecular weight is 610 g/mol. The van der Waals surface area contributed by atoms with Crippen LogP contribution in [0.15, 0.2) is 176 Å². The van der Waals surface area contributed by atoms with Gasteiger partial charge in [-0.3, -0.25) is 0 Å². The van der Waals surface area contributed by atoms with E-state index in [4.69, 9.17) is 0 Å². The van der Waals surface area contributed by atoms with Crippen molar-refractivity contribution in [2.24, 2.45) is 0 Å². The number of benzene rings is 7. The van der Waals surface area contributed by atoms with Crippen LogP contribution in [0.25, 0.3) is 27.5 Å². The van der Waals surface area contributed by atoms with Crippen LogP contribution < -0.4 is 9.80 Å².